The Bertz CT molecular complexity index is 1210. The number of aryl methyl sites for hydroxylation is 1. The zero-order valence-electron chi connectivity index (χ0n) is 18.3. The highest BCUT2D eigenvalue weighted by Crippen LogP contribution is 2.10. The number of carbonyl (C=O) groups excluding carboxylic acids is 2. The zero-order valence-corrected chi connectivity index (χ0v) is 19.1. The second-order valence-corrected chi connectivity index (χ2v) is 8.20. The van der Waals surface area contributed by atoms with Crippen molar-refractivity contribution in [1.29, 1.82) is 0 Å². The molecule has 0 radical (unpaired) electrons. The topological polar surface area (TPSA) is 116 Å². The molecule has 168 valence electrons. The molecule has 0 aliphatic carbocycles. The summed E-state index contributed by atoms with van der Waals surface area (Å²) in [5.41, 5.74) is 3.89. The van der Waals surface area contributed by atoms with Gasteiger partial charge in [-0.15, -0.1) is 12.4 Å². The van der Waals surface area contributed by atoms with E-state index < -0.39 is 17.4 Å². The first kappa shape index (κ1) is 24.7. The maximum absolute atomic E-state index is 13.0. The number of hydrogen-bond donors (Lipinski definition) is 3. The van der Waals surface area contributed by atoms with Crippen molar-refractivity contribution in [3.05, 3.63) is 70.1 Å². The van der Waals surface area contributed by atoms with Crippen molar-refractivity contribution in [2.75, 3.05) is 33.0 Å². The Hall–Kier alpha value is -3.56. The van der Waals surface area contributed by atoms with Crippen LogP contribution in [-0.2, 0) is 9.59 Å². The molecule has 0 saturated carbocycles. The monoisotopic (exact) mass is 457 g/mol. The van der Waals surface area contributed by atoms with Gasteiger partial charge >= 0.3 is 0 Å². The summed E-state index contributed by atoms with van der Waals surface area (Å²) in [6.07, 6.45) is 0. The summed E-state index contributed by atoms with van der Waals surface area (Å²) in [4.78, 5) is 44.9. The molecule has 0 aliphatic rings. The van der Waals surface area contributed by atoms with Crippen LogP contribution in [0.25, 0.3) is 11.0 Å². The van der Waals surface area contributed by atoms with Crippen molar-refractivity contribution in [3.63, 3.8) is 0 Å². The number of fused-ring (bicyclic) bond motifs is 1. The third-order valence-electron chi connectivity index (χ3n) is 4.26. The zero-order chi connectivity index (χ0) is 22.6. The van der Waals surface area contributed by atoms with E-state index in [9.17, 15) is 14.4 Å². The van der Waals surface area contributed by atoms with Crippen LogP contribution in [-0.4, -0.2) is 59.7 Å². The lowest BCUT2D eigenvalue weighted by Crippen LogP contribution is -2.43. The summed E-state index contributed by atoms with van der Waals surface area (Å²) in [5.74, 6) is -1.06. The maximum atomic E-state index is 13.0. The summed E-state index contributed by atoms with van der Waals surface area (Å²) in [7, 11) is 5.55. The van der Waals surface area contributed by atoms with Gasteiger partial charge in [-0.2, -0.15) is 5.10 Å². The van der Waals surface area contributed by atoms with Crippen LogP contribution in [0.3, 0.4) is 0 Å². The summed E-state index contributed by atoms with van der Waals surface area (Å²) in [6, 6.07) is 14.1. The van der Waals surface area contributed by atoms with Gasteiger partial charge in [0, 0.05) is 5.69 Å². The molecule has 3 aromatic rings. The number of benzene rings is 2. The fraction of sp³-hybridized carbons (Fsp3) is 0.227. The Morgan fingerprint density at radius 1 is 1.06 bits per heavy atom. The quantitative estimate of drug-likeness (QED) is 0.297. The molecule has 0 aliphatic heterocycles. The molecule has 2 amide bonds. The molecule has 2 aromatic carbocycles. The van der Waals surface area contributed by atoms with E-state index in [1.807, 2.05) is 40.2 Å². The number of quaternary nitrogens is 1. The van der Waals surface area contributed by atoms with E-state index in [0.717, 1.165) is 5.56 Å². The predicted octanol–water partition coefficient (Wildman–Crippen LogP) is 1.82. The van der Waals surface area contributed by atoms with Gasteiger partial charge in [-0.1, -0.05) is 29.8 Å². The number of para-hydroxylation sites is 2. The highest BCUT2D eigenvalue weighted by molar-refractivity contribution is 6.48. The minimum atomic E-state index is -0.664. The van der Waals surface area contributed by atoms with Gasteiger partial charge in [0.2, 0.25) is 0 Å². The number of rotatable bonds is 6. The van der Waals surface area contributed by atoms with Crippen LogP contribution in [0.1, 0.15) is 11.3 Å². The van der Waals surface area contributed by atoms with Gasteiger partial charge in [0.05, 0.1) is 32.2 Å². The highest BCUT2D eigenvalue weighted by Gasteiger charge is 2.22. The number of aromatic amines is 1. The number of halogens is 1. The second-order valence-electron chi connectivity index (χ2n) is 8.20. The number of H-pyrrole nitrogens is 1. The van der Waals surface area contributed by atoms with E-state index in [-0.39, 0.29) is 30.4 Å². The number of nitrogens with zero attached hydrogens (tertiary/aromatic N) is 3. The molecule has 0 atom stereocenters. The predicted molar refractivity (Wildman–Crippen MR) is 127 cm³/mol. The van der Waals surface area contributed by atoms with Crippen molar-refractivity contribution < 1.29 is 14.1 Å². The molecular formula is C22H26ClN6O3+. The first-order valence-electron chi connectivity index (χ1n) is 9.67. The number of anilines is 1. The summed E-state index contributed by atoms with van der Waals surface area (Å²) in [5, 5.41) is 6.67. The lowest BCUT2D eigenvalue weighted by molar-refractivity contribution is -0.862. The van der Waals surface area contributed by atoms with Gasteiger partial charge < -0.3 is 14.8 Å². The van der Waals surface area contributed by atoms with E-state index >= 15 is 0 Å². The summed E-state index contributed by atoms with van der Waals surface area (Å²) < 4.78 is 0.376. The third-order valence-corrected chi connectivity index (χ3v) is 4.26. The fourth-order valence-corrected chi connectivity index (χ4v) is 2.81. The van der Waals surface area contributed by atoms with Crippen LogP contribution in [0, 0.1) is 6.92 Å². The van der Waals surface area contributed by atoms with Crippen LogP contribution in [0.4, 0.5) is 5.69 Å². The number of carbonyl (C=O) groups is 2. The van der Waals surface area contributed by atoms with E-state index in [0.29, 0.717) is 21.2 Å². The molecule has 32 heavy (non-hydrogen) atoms. The highest BCUT2D eigenvalue weighted by atomic mass is 35.5. The van der Waals surface area contributed by atoms with Crippen molar-refractivity contribution in [3.8, 4) is 0 Å². The molecule has 0 spiro atoms. The van der Waals surface area contributed by atoms with E-state index in [1.54, 1.807) is 36.4 Å². The lowest BCUT2D eigenvalue weighted by atomic mass is 10.2. The van der Waals surface area contributed by atoms with E-state index in [2.05, 4.69) is 25.8 Å². The van der Waals surface area contributed by atoms with Gasteiger partial charge in [0.1, 0.15) is 0 Å². The second kappa shape index (κ2) is 10.2. The van der Waals surface area contributed by atoms with E-state index in [4.69, 9.17) is 0 Å². The molecule has 1 aromatic heterocycles. The molecule has 0 fully saturated rings. The molecule has 0 unspecified atom stereocenters. The van der Waals surface area contributed by atoms with Crippen molar-refractivity contribution in [1.82, 2.24) is 15.4 Å². The summed E-state index contributed by atoms with van der Waals surface area (Å²) >= 11 is 0. The van der Waals surface area contributed by atoms with Crippen LogP contribution in [0.5, 0.6) is 0 Å². The van der Waals surface area contributed by atoms with Gasteiger partial charge in [0.15, 0.2) is 18.0 Å². The average Bonchev–Trinajstić information content (AvgIpc) is 2.69. The lowest BCUT2D eigenvalue weighted by Gasteiger charge is -2.22. The maximum Gasteiger partial charge on any atom is 0.295 e. The van der Waals surface area contributed by atoms with E-state index in [1.165, 1.54) is 0 Å². The largest absolute Gasteiger partial charge is 0.323 e. The van der Waals surface area contributed by atoms with Crippen LogP contribution in [0.2, 0.25) is 0 Å². The Kier molecular flexibility index (Phi) is 7.85. The summed E-state index contributed by atoms with van der Waals surface area (Å²) in [6.45, 7) is 2.07. The van der Waals surface area contributed by atoms with Gasteiger partial charge in [-0.25, -0.2) is 10.4 Å². The number of aromatic nitrogens is 2. The Morgan fingerprint density at radius 2 is 1.72 bits per heavy atom. The molecule has 1 heterocycles. The fourth-order valence-electron chi connectivity index (χ4n) is 2.81. The number of amides is 2. The Morgan fingerprint density at radius 3 is 2.38 bits per heavy atom. The van der Waals surface area contributed by atoms with Crippen LogP contribution in [0.15, 0.2) is 58.4 Å². The first-order valence-corrected chi connectivity index (χ1v) is 9.67. The van der Waals surface area contributed by atoms with Crippen LogP contribution < -0.4 is 16.3 Å². The molecule has 0 bridgehead atoms. The minimum Gasteiger partial charge on any atom is -0.323 e. The average molecular weight is 458 g/mol. The normalized spacial score (nSPS) is 11.6. The smallest absolute Gasteiger partial charge is 0.295 e. The number of nitrogens with one attached hydrogen (secondary N) is 3. The SMILES string of the molecule is Cc1ccc(NC(=O)/C(=N\NC(=O)C[N+](C)(C)C)c2nc3ccccc3[nH]c2=O)cc1.Cl. The first-order chi connectivity index (χ1) is 14.6. The minimum absolute atomic E-state index is 0. The van der Waals surface area contributed by atoms with Gasteiger partial charge in [-0.3, -0.25) is 14.4 Å². The Labute approximate surface area is 191 Å². The van der Waals surface area contributed by atoms with Crippen molar-refractivity contribution >= 4 is 46.7 Å². The van der Waals surface area contributed by atoms with Gasteiger partial charge in [-0.05, 0) is 31.2 Å². The van der Waals surface area contributed by atoms with Crippen LogP contribution >= 0.6 is 12.4 Å². The standard InChI is InChI=1S/C22H24N6O3.ClH/c1-14-9-11-15(12-10-14)23-22(31)20(27-26-18(29)13-28(2,3)4)19-21(30)25-17-8-6-5-7-16(17)24-19;/h5-12H,13H2,1-4H3,(H2-,23,24,25,26,27,29,30,31);1H/p+1. The Balaban J connectivity index is 0.00000363. The molecule has 10 heteroatoms. The number of likely N-dealkylation sites (N-methyl/N-ethyl adjacent to an activating group) is 1. The number of hydrogen-bond acceptors (Lipinski definition) is 5. The number of hydrazone groups is 1. The molecular weight excluding hydrogens is 432 g/mol. The van der Waals surface area contributed by atoms with Gasteiger partial charge in [0.25, 0.3) is 17.4 Å². The van der Waals surface area contributed by atoms with Crippen molar-refractivity contribution in [2.24, 2.45) is 5.10 Å². The molecule has 3 rings (SSSR count). The third kappa shape index (κ3) is 6.47. The van der Waals surface area contributed by atoms with Crippen molar-refractivity contribution in [2.45, 2.75) is 6.92 Å². The molecule has 0 saturated heterocycles. The molecule has 3 N–H and O–H groups in total. The molecule has 9 nitrogen and oxygen atoms in total.